The van der Waals surface area contributed by atoms with Crippen LogP contribution in [0.25, 0.3) is 0 Å². The van der Waals surface area contributed by atoms with Gasteiger partial charge < -0.3 is 15.7 Å². The molecule has 1 aliphatic rings. The second-order valence-corrected chi connectivity index (χ2v) is 5.61. The van der Waals surface area contributed by atoms with Gasteiger partial charge in [-0.3, -0.25) is 0 Å². The molecule has 0 aromatic heterocycles. The van der Waals surface area contributed by atoms with Crippen molar-refractivity contribution in [2.45, 2.75) is 26.0 Å². The first-order valence-corrected chi connectivity index (χ1v) is 6.82. The standard InChI is InChI=1S/C13H19BrN2O/c1-9-8-16(5-4-13(9)17)11-3-2-10(7-15)12(14)6-11/h2-3,6,9,13,17H,4-5,7-8,15H2,1H3. The van der Waals surface area contributed by atoms with Crippen LogP contribution in [0.4, 0.5) is 5.69 Å². The van der Waals surface area contributed by atoms with E-state index in [0.717, 1.165) is 29.5 Å². The lowest BCUT2D eigenvalue weighted by atomic mass is 9.96. The van der Waals surface area contributed by atoms with Crippen LogP contribution in [-0.4, -0.2) is 24.3 Å². The number of anilines is 1. The van der Waals surface area contributed by atoms with Crippen LogP contribution in [0.5, 0.6) is 0 Å². The lowest BCUT2D eigenvalue weighted by Crippen LogP contribution is -2.41. The molecule has 17 heavy (non-hydrogen) atoms. The summed E-state index contributed by atoms with van der Waals surface area (Å²) in [6, 6.07) is 6.29. The molecule has 0 saturated carbocycles. The second-order valence-electron chi connectivity index (χ2n) is 4.76. The van der Waals surface area contributed by atoms with E-state index in [1.54, 1.807) is 0 Å². The van der Waals surface area contributed by atoms with E-state index in [-0.39, 0.29) is 6.10 Å². The van der Waals surface area contributed by atoms with Crippen LogP contribution in [0.2, 0.25) is 0 Å². The summed E-state index contributed by atoms with van der Waals surface area (Å²) < 4.78 is 1.07. The molecule has 1 saturated heterocycles. The average Bonchev–Trinajstić information content (AvgIpc) is 2.32. The third-order valence-corrected chi connectivity index (χ3v) is 4.22. The van der Waals surface area contributed by atoms with Crippen LogP contribution >= 0.6 is 15.9 Å². The van der Waals surface area contributed by atoms with Crippen molar-refractivity contribution in [2.24, 2.45) is 11.7 Å². The number of aliphatic hydroxyl groups excluding tert-OH is 1. The van der Waals surface area contributed by atoms with E-state index in [2.05, 4.69) is 46.0 Å². The zero-order valence-electron chi connectivity index (χ0n) is 10.1. The third kappa shape index (κ3) is 2.81. The molecular formula is C13H19BrN2O. The summed E-state index contributed by atoms with van der Waals surface area (Å²) in [7, 11) is 0. The number of aliphatic hydroxyl groups is 1. The van der Waals surface area contributed by atoms with E-state index in [9.17, 15) is 5.11 Å². The summed E-state index contributed by atoms with van der Waals surface area (Å²) in [5, 5.41) is 9.73. The molecular weight excluding hydrogens is 280 g/mol. The normalized spacial score (nSPS) is 25.1. The van der Waals surface area contributed by atoms with Crippen molar-refractivity contribution in [2.75, 3.05) is 18.0 Å². The molecule has 0 amide bonds. The Kier molecular flexibility index (Phi) is 4.07. The Morgan fingerprint density at radius 1 is 1.53 bits per heavy atom. The first-order valence-electron chi connectivity index (χ1n) is 6.03. The topological polar surface area (TPSA) is 49.5 Å². The van der Waals surface area contributed by atoms with Gasteiger partial charge in [-0.15, -0.1) is 0 Å². The van der Waals surface area contributed by atoms with Crippen molar-refractivity contribution in [1.29, 1.82) is 0 Å². The number of rotatable bonds is 2. The van der Waals surface area contributed by atoms with Crippen LogP contribution in [0.15, 0.2) is 22.7 Å². The Balaban J connectivity index is 2.15. The van der Waals surface area contributed by atoms with Gasteiger partial charge in [0.05, 0.1) is 6.10 Å². The van der Waals surface area contributed by atoms with Gasteiger partial charge in [0.15, 0.2) is 0 Å². The molecule has 3 nitrogen and oxygen atoms in total. The summed E-state index contributed by atoms with van der Waals surface area (Å²) >= 11 is 3.54. The highest BCUT2D eigenvalue weighted by atomic mass is 79.9. The highest BCUT2D eigenvalue weighted by molar-refractivity contribution is 9.10. The number of hydrogen-bond donors (Lipinski definition) is 2. The van der Waals surface area contributed by atoms with E-state index in [1.807, 2.05) is 0 Å². The van der Waals surface area contributed by atoms with Crippen LogP contribution in [0.1, 0.15) is 18.9 Å². The SMILES string of the molecule is CC1CN(c2ccc(CN)c(Br)c2)CCC1O. The van der Waals surface area contributed by atoms with Crippen molar-refractivity contribution >= 4 is 21.6 Å². The summed E-state index contributed by atoms with van der Waals surface area (Å²) in [6.07, 6.45) is 0.690. The molecule has 1 aromatic rings. The molecule has 2 unspecified atom stereocenters. The Morgan fingerprint density at radius 3 is 2.88 bits per heavy atom. The molecule has 0 radical (unpaired) electrons. The summed E-state index contributed by atoms with van der Waals surface area (Å²) in [4.78, 5) is 2.32. The van der Waals surface area contributed by atoms with E-state index in [0.29, 0.717) is 12.5 Å². The molecule has 1 heterocycles. The van der Waals surface area contributed by atoms with Gasteiger partial charge in [-0.2, -0.15) is 0 Å². The monoisotopic (exact) mass is 298 g/mol. The zero-order valence-corrected chi connectivity index (χ0v) is 11.7. The van der Waals surface area contributed by atoms with E-state index in [4.69, 9.17) is 5.73 Å². The maximum absolute atomic E-state index is 9.73. The Hall–Kier alpha value is -0.580. The largest absolute Gasteiger partial charge is 0.393 e. The number of benzene rings is 1. The molecule has 94 valence electrons. The molecule has 1 aliphatic heterocycles. The Bertz CT molecular complexity index is 397. The molecule has 1 aromatic carbocycles. The van der Waals surface area contributed by atoms with Crippen LogP contribution in [0.3, 0.4) is 0 Å². The molecule has 0 bridgehead atoms. The predicted molar refractivity (Wildman–Crippen MR) is 74.0 cm³/mol. The molecule has 4 heteroatoms. The fourth-order valence-corrected chi connectivity index (χ4v) is 2.79. The minimum Gasteiger partial charge on any atom is -0.393 e. The minimum absolute atomic E-state index is 0.155. The molecule has 2 atom stereocenters. The van der Waals surface area contributed by atoms with E-state index < -0.39 is 0 Å². The molecule has 0 aliphatic carbocycles. The van der Waals surface area contributed by atoms with Crippen molar-refractivity contribution in [3.05, 3.63) is 28.2 Å². The van der Waals surface area contributed by atoms with Crippen LogP contribution in [-0.2, 0) is 6.54 Å². The van der Waals surface area contributed by atoms with Crippen molar-refractivity contribution in [1.82, 2.24) is 0 Å². The van der Waals surface area contributed by atoms with Crippen molar-refractivity contribution in [3.63, 3.8) is 0 Å². The number of halogens is 1. The molecule has 0 spiro atoms. The number of piperidine rings is 1. The van der Waals surface area contributed by atoms with Crippen LogP contribution < -0.4 is 10.6 Å². The number of hydrogen-bond acceptors (Lipinski definition) is 3. The van der Waals surface area contributed by atoms with Crippen LogP contribution in [0, 0.1) is 5.92 Å². The Labute approximate surface area is 111 Å². The second kappa shape index (κ2) is 5.38. The van der Waals surface area contributed by atoms with Gasteiger partial charge in [-0.1, -0.05) is 28.9 Å². The fourth-order valence-electron chi connectivity index (χ4n) is 2.27. The lowest BCUT2D eigenvalue weighted by Gasteiger charge is -2.36. The summed E-state index contributed by atoms with van der Waals surface area (Å²) in [5.41, 5.74) is 7.97. The highest BCUT2D eigenvalue weighted by Gasteiger charge is 2.24. The van der Waals surface area contributed by atoms with E-state index in [1.165, 1.54) is 5.69 Å². The smallest absolute Gasteiger partial charge is 0.0599 e. The van der Waals surface area contributed by atoms with Crippen molar-refractivity contribution in [3.8, 4) is 0 Å². The van der Waals surface area contributed by atoms with Crippen molar-refractivity contribution < 1.29 is 5.11 Å². The zero-order chi connectivity index (χ0) is 12.4. The quantitative estimate of drug-likeness (QED) is 0.879. The number of nitrogens with two attached hydrogens (primary N) is 1. The average molecular weight is 299 g/mol. The van der Waals surface area contributed by atoms with Gasteiger partial charge in [0.2, 0.25) is 0 Å². The fraction of sp³-hybridized carbons (Fsp3) is 0.538. The first-order chi connectivity index (χ1) is 8.11. The third-order valence-electron chi connectivity index (χ3n) is 3.48. The predicted octanol–water partition coefficient (Wildman–Crippen LogP) is 2.11. The van der Waals surface area contributed by atoms with Gasteiger partial charge >= 0.3 is 0 Å². The molecule has 3 N–H and O–H groups in total. The van der Waals surface area contributed by atoms with Gasteiger partial charge in [-0.25, -0.2) is 0 Å². The summed E-state index contributed by atoms with van der Waals surface area (Å²) in [6.45, 7) is 4.48. The Morgan fingerprint density at radius 2 is 2.29 bits per heavy atom. The van der Waals surface area contributed by atoms with Gasteiger partial charge in [0.25, 0.3) is 0 Å². The first kappa shape index (κ1) is 12.9. The minimum atomic E-state index is -0.155. The lowest BCUT2D eigenvalue weighted by molar-refractivity contribution is 0.0971. The van der Waals surface area contributed by atoms with Gasteiger partial charge in [0.1, 0.15) is 0 Å². The van der Waals surface area contributed by atoms with Gasteiger partial charge in [0, 0.05) is 29.8 Å². The summed E-state index contributed by atoms with van der Waals surface area (Å²) in [5.74, 6) is 0.330. The maximum Gasteiger partial charge on any atom is 0.0599 e. The molecule has 2 rings (SSSR count). The highest BCUT2D eigenvalue weighted by Crippen LogP contribution is 2.27. The molecule has 1 fully saturated rings. The number of nitrogens with zero attached hydrogens (tertiary/aromatic N) is 1. The van der Waals surface area contributed by atoms with Gasteiger partial charge in [-0.05, 0) is 30.0 Å². The maximum atomic E-state index is 9.73. The van der Waals surface area contributed by atoms with E-state index >= 15 is 0 Å².